The van der Waals surface area contributed by atoms with E-state index in [4.69, 9.17) is 0 Å². The summed E-state index contributed by atoms with van der Waals surface area (Å²) in [6.45, 7) is 0. The molecule has 1 atom stereocenters. The monoisotopic (exact) mass is 133 g/mol. The molecule has 0 aromatic carbocycles. The van der Waals surface area contributed by atoms with Crippen LogP contribution in [-0.2, 0) is 11.8 Å². The second-order valence-electron chi connectivity index (χ2n) is 0.600. The van der Waals surface area contributed by atoms with Gasteiger partial charge in [0.05, 0.1) is 0 Å². The van der Waals surface area contributed by atoms with E-state index in [9.17, 15) is 13.2 Å². The van der Waals surface area contributed by atoms with E-state index < -0.39 is 13.3 Å². The molecule has 0 spiro atoms. The average Bonchev–Trinajstić information content (AvgIpc) is 1.35. The van der Waals surface area contributed by atoms with Gasteiger partial charge in [0, 0.05) is 0 Å². The zero-order valence-electron chi connectivity index (χ0n) is 2.54. The molecule has 0 rings (SSSR count). The molecule has 36 valence electrons. The molecule has 0 aromatic heterocycles. The zero-order valence-corrected chi connectivity index (χ0v) is 4.36. The van der Waals surface area contributed by atoms with Crippen LogP contribution in [0.25, 0.3) is 0 Å². The minimum Gasteiger partial charge on any atom is -0.127 e. The summed E-state index contributed by atoms with van der Waals surface area (Å²) in [5, 5.41) is 0. The Labute approximate surface area is 39.2 Å². The quantitative estimate of drug-likeness (QED) is 0.452. The minimum atomic E-state index is -4.12. The molecule has 0 saturated heterocycles. The Morgan fingerprint density at radius 1 is 1.33 bits per heavy atom. The molecule has 0 aromatic rings. The third-order valence-electron chi connectivity index (χ3n) is 0.116. The van der Waals surface area contributed by atoms with Crippen LogP contribution in [0, 0.1) is 0 Å². The zero-order chi connectivity index (χ0) is 5.21. The van der Waals surface area contributed by atoms with Crippen molar-refractivity contribution in [2.24, 2.45) is 0 Å². The first-order valence-corrected chi connectivity index (χ1v) is 3.15. The highest BCUT2D eigenvalue weighted by Crippen LogP contribution is 2.27. The van der Waals surface area contributed by atoms with Gasteiger partial charge in [-0.2, -0.15) is 0 Å². The van der Waals surface area contributed by atoms with E-state index in [1.807, 2.05) is 0 Å². The predicted octanol–water partition coefficient (Wildman–Crippen LogP) is 1.65. The second-order valence-corrected chi connectivity index (χ2v) is 1.98. The normalized spacial score (nSPS) is 12.5. The Balaban J connectivity index is 3.45. The molecular weight excluding hydrogens is 132 g/mol. The number of alkyl halides is 3. The van der Waals surface area contributed by atoms with Gasteiger partial charge < -0.3 is 0 Å². The lowest BCUT2D eigenvalue weighted by Crippen LogP contribution is -1.90. The van der Waals surface area contributed by atoms with Crippen LogP contribution in [0.1, 0.15) is 0 Å². The molecule has 0 aliphatic heterocycles. The van der Waals surface area contributed by atoms with Gasteiger partial charge in [-0.05, 0) is 0 Å². The van der Waals surface area contributed by atoms with Crippen LogP contribution in [0.15, 0.2) is 0 Å². The van der Waals surface area contributed by atoms with E-state index in [1.165, 1.54) is 0 Å². The lowest BCUT2D eigenvalue weighted by atomic mass is 11.6. The molecule has 0 nitrogen and oxygen atoms in total. The number of halogens is 3. The number of hydrogen-bond acceptors (Lipinski definition) is 1. The molecule has 0 saturated carbocycles. The molecule has 0 radical (unpaired) electrons. The van der Waals surface area contributed by atoms with Crippen LogP contribution in [0.5, 0.6) is 0 Å². The number of hydrogen-bond donors (Lipinski definition) is 0. The van der Waals surface area contributed by atoms with E-state index in [1.54, 1.807) is 0 Å². The summed E-state index contributed by atoms with van der Waals surface area (Å²) < 4.78 is 32.1. The topological polar surface area (TPSA) is 0 Å². The molecule has 0 N–H and O–H groups in total. The van der Waals surface area contributed by atoms with E-state index in [-0.39, 0.29) is 0 Å². The van der Waals surface area contributed by atoms with Gasteiger partial charge >= 0.3 is 5.92 Å². The predicted molar refractivity (Wildman–Crippen MR) is 21.7 cm³/mol. The number of rotatable bonds is 0. The smallest absolute Gasteiger partial charge is 0.127 e. The average molecular weight is 133 g/mol. The summed E-state index contributed by atoms with van der Waals surface area (Å²) in [6, 6.07) is 0. The fraction of sp³-hybridized carbons (Fsp3) is 1.00. The van der Waals surface area contributed by atoms with E-state index in [0.717, 1.165) is 0 Å². The molecular formula is CHF3PS+. The van der Waals surface area contributed by atoms with Crippen molar-refractivity contribution in [3.8, 4) is 0 Å². The molecule has 5 heteroatoms. The third-order valence-corrected chi connectivity index (χ3v) is 1.04. The fourth-order valence-electron chi connectivity index (χ4n) is 0. The van der Waals surface area contributed by atoms with Crippen molar-refractivity contribution in [1.29, 1.82) is 0 Å². The van der Waals surface area contributed by atoms with Crippen molar-refractivity contribution in [3.05, 3.63) is 0 Å². The van der Waals surface area contributed by atoms with Gasteiger partial charge in [0.1, 0.15) is 0 Å². The SMILES string of the molecule is FC(F)(F)[PH+]=S. The standard InChI is InChI=1S/CF3PS/c2-1(3,4)5-6/p+1. The maximum absolute atomic E-state index is 10.7. The van der Waals surface area contributed by atoms with Gasteiger partial charge in [-0.25, -0.2) is 0 Å². The lowest BCUT2D eigenvalue weighted by molar-refractivity contribution is -0.0346. The first-order chi connectivity index (χ1) is 2.56. The van der Waals surface area contributed by atoms with Gasteiger partial charge in [-0.1, -0.05) is 0 Å². The highest BCUT2D eigenvalue weighted by Gasteiger charge is 2.34. The van der Waals surface area contributed by atoms with Crippen molar-refractivity contribution in [2.45, 2.75) is 5.92 Å². The summed E-state index contributed by atoms with van der Waals surface area (Å²) in [4.78, 5) is 0. The van der Waals surface area contributed by atoms with Gasteiger partial charge in [-0.15, -0.1) is 13.2 Å². The molecule has 1 unspecified atom stereocenters. The fourth-order valence-corrected chi connectivity index (χ4v) is 0. The van der Waals surface area contributed by atoms with Crippen molar-refractivity contribution in [3.63, 3.8) is 0 Å². The van der Waals surface area contributed by atoms with Crippen LogP contribution < -0.4 is 0 Å². The van der Waals surface area contributed by atoms with Crippen molar-refractivity contribution >= 4 is 19.2 Å². The van der Waals surface area contributed by atoms with Gasteiger partial charge in [-0.3, -0.25) is 0 Å². The van der Waals surface area contributed by atoms with Crippen LogP contribution in [-0.4, -0.2) is 5.92 Å². The summed E-state index contributed by atoms with van der Waals surface area (Å²) >= 11 is 3.69. The van der Waals surface area contributed by atoms with Crippen LogP contribution in [0.2, 0.25) is 0 Å². The first kappa shape index (κ1) is 6.31. The molecule has 0 heterocycles. The van der Waals surface area contributed by atoms with E-state index in [2.05, 4.69) is 11.8 Å². The Kier molecular flexibility index (Phi) is 1.94. The Morgan fingerprint density at radius 2 is 1.50 bits per heavy atom. The molecule has 0 aliphatic carbocycles. The molecule has 6 heavy (non-hydrogen) atoms. The van der Waals surface area contributed by atoms with Crippen molar-refractivity contribution in [2.75, 3.05) is 0 Å². The largest absolute Gasteiger partial charge is 0.574 e. The lowest BCUT2D eigenvalue weighted by Gasteiger charge is -1.79. The van der Waals surface area contributed by atoms with E-state index >= 15 is 0 Å². The highest BCUT2D eigenvalue weighted by molar-refractivity contribution is 7.96. The summed E-state index contributed by atoms with van der Waals surface area (Å²) in [5.74, 6) is -4.12. The van der Waals surface area contributed by atoms with Gasteiger partial charge in [0.25, 0.3) is 7.36 Å². The van der Waals surface area contributed by atoms with Crippen LogP contribution >= 0.6 is 7.36 Å². The highest BCUT2D eigenvalue weighted by atomic mass is 32.4. The molecule has 0 amide bonds. The molecule has 0 aliphatic rings. The summed E-state index contributed by atoms with van der Waals surface area (Å²) in [6.07, 6.45) is 0. The first-order valence-electron chi connectivity index (χ1n) is 1.02. The van der Waals surface area contributed by atoms with Gasteiger partial charge in [0.2, 0.25) is 0 Å². The third kappa shape index (κ3) is 4.31. The van der Waals surface area contributed by atoms with E-state index in [0.29, 0.717) is 0 Å². The van der Waals surface area contributed by atoms with Crippen LogP contribution in [0.4, 0.5) is 13.2 Å². The van der Waals surface area contributed by atoms with Crippen molar-refractivity contribution < 1.29 is 13.2 Å². The summed E-state index contributed by atoms with van der Waals surface area (Å²) in [7, 11) is -1.35. The molecule has 0 bridgehead atoms. The van der Waals surface area contributed by atoms with Crippen LogP contribution in [0.3, 0.4) is 0 Å². The maximum atomic E-state index is 10.7. The Morgan fingerprint density at radius 3 is 1.50 bits per heavy atom. The Bertz CT molecular complexity index is 56.3. The Hall–Kier alpha value is 0.310. The summed E-state index contributed by atoms with van der Waals surface area (Å²) in [5.41, 5.74) is 0. The molecule has 0 fully saturated rings. The second kappa shape index (κ2) is 1.85. The maximum Gasteiger partial charge on any atom is 0.574 e. The van der Waals surface area contributed by atoms with Crippen molar-refractivity contribution in [1.82, 2.24) is 0 Å². The van der Waals surface area contributed by atoms with Gasteiger partial charge in [0.15, 0.2) is 11.8 Å². The minimum absolute atomic E-state index is 1.35.